The Morgan fingerprint density at radius 1 is 1.65 bits per heavy atom. The molecule has 1 aromatic rings. The smallest absolute Gasteiger partial charge is 0.358 e. The Morgan fingerprint density at radius 2 is 2.41 bits per heavy atom. The first-order chi connectivity index (χ1) is 8.08. The Hall–Kier alpha value is -1.43. The first-order valence-electron chi connectivity index (χ1n) is 5.48. The van der Waals surface area contributed by atoms with Crippen molar-refractivity contribution in [1.29, 1.82) is 0 Å². The lowest BCUT2D eigenvalue weighted by molar-refractivity contribution is -0.389. The molecule has 1 aromatic heterocycles. The fourth-order valence-electron chi connectivity index (χ4n) is 2.11. The minimum Gasteiger partial charge on any atom is -0.358 e. The van der Waals surface area contributed by atoms with Crippen LogP contribution < -0.4 is 0 Å². The highest BCUT2D eigenvalue weighted by molar-refractivity contribution is 6.32. The van der Waals surface area contributed by atoms with Crippen molar-refractivity contribution < 1.29 is 9.72 Å². The summed E-state index contributed by atoms with van der Waals surface area (Å²) in [4.78, 5) is 21.3. The van der Waals surface area contributed by atoms with Gasteiger partial charge in [-0.1, -0.05) is 11.6 Å². The van der Waals surface area contributed by atoms with Crippen LogP contribution in [0.15, 0.2) is 6.20 Å². The van der Waals surface area contributed by atoms with E-state index in [0.29, 0.717) is 19.4 Å². The van der Waals surface area contributed by atoms with Crippen LogP contribution >= 0.6 is 11.6 Å². The van der Waals surface area contributed by atoms with Crippen molar-refractivity contribution in [1.82, 2.24) is 9.78 Å². The van der Waals surface area contributed by atoms with Gasteiger partial charge in [-0.3, -0.25) is 4.79 Å². The second kappa shape index (κ2) is 4.83. The molecule has 7 heteroatoms. The molecule has 1 heterocycles. The first-order valence-corrected chi connectivity index (χ1v) is 5.86. The van der Waals surface area contributed by atoms with Crippen LogP contribution in [0.25, 0.3) is 0 Å². The van der Waals surface area contributed by atoms with Gasteiger partial charge < -0.3 is 10.1 Å². The number of Topliss-reactive ketones (excluding diaryl/α,β-unsaturated/α-hetero) is 1. The van der Waals surface area contributed by atoms with Crippen LogP contribution in [0, 0.1) is 16.0 Å². The van der Waals surface area contributed by atoms with Crippen molar-refractivity contribution in [2.75, 3.05) is 0 Å². The number of carbonyl (C=O) groups excluding carboxylic acids is 1. The summed E-state index contributed by atoms with van der Waals surface area (Å²) in [6.07, 6.45) is 4.62. The number of aryl methyl sites for hydroxylation is 1. The Labute approximate surface area is 103 Å². The molecule has 0 aromatic carbocycles. The van der Waals surface area contributed by atoms with Crippen LogP contribution in [0.2, 0.25) is 5.02 Å². The van der Waals surface area contributed by atoms with Gasteiger partial charge in [0.15, 0.2) is 5.02 Å². The summed E-state index contributed by atoms with van der Waals surface area (Å²) in [5.41, 5.74) is 0. The molecule has 1 atom stereocenters. The van der Waals surface area contributed by atoms with Gasteiger partial charge in [0.1, 0.15) is 5.78 Å². The number of hydrogen-bond acceptors (Lipinski definition) is 4. The van der Waals surface area contributed by atoms with Crippen LogP contribution in [0.3, 0.4) is 0 Å². The van der Waals surface area contributed by atoms with Gasteiger partial charge in [-0.25, -0.2) is 0 Å². The van der Waals surface area contributed by atoms with Gasteiger partial charge in [-0.05, 0) is 24.2 Å². The molecule has 1 saturated carbocycles. The molecule has 0 radical (unpaired) electrons. The Balaban J connectivity index is 1.97. The normalized spacial score (nSPS) is 19.8. The number of ketones is 1. The molecule has 1 unspecified atom stereocenters. The zero-order valence-electron chi connectivity index (χ0n) is 9.13. The monoisotopic (exact) mass is 257 g/mol. The van der Waals surface area contributed by atoms with E-state index in [1.54, 1.807) is 0 Å². The quantitative estimate of drug-likeness (QED) is 0.612. The lowest BCUT2D eigenvalue weighted by Crippen LogP contribution is -2.10. The maximum atomic E-state index is 11.4. The first kappa shape index (κ1) is 12.0. The highest BCUT2D eigenvalue weighted by Crippen LogP contribution is 2.26. The van der Waals surface area contributed by atoms with E-state index in [2.05, 4.69) is 5.10 Å². The van der Waals surface area contributed by atoms with Crippen LogP contribution in [0.5, 0.6) is 0 Å². The molecule has 92 valence electrons. The van der Waals surface area contributed by atoms with Gasteiger partial charge in [-0.15, -0.1) is 0 Å². The SMILES string of the molecule is O=C1CCCC1CCn1cc(Cl)c([N+](=O)[O-])n1. The molecular formula is C10H12ClN3O3. The standard InChI is InChI=1S/C10H12ClN3O3/c11-8-6-13(12-10(8)14(16)17)5-4-7-2-1-3-9(7)15/h6-7H,1-5H2. The summed E-state index contributed by atoms with van der Waals surface area (Å²) in [6, 6.07) is 0. The summed E-state index contributed by atoms with van der Waals surface area (Å²) >= 11 is 5.67. The summed E-state index contributed by atoms with van der Waals surface area (Å²) in [5.74, 6) is 0.0409. The zero-order chi connectivity index (χ0) is 12.4. The summed E-state index contributed by atoms with van der Waals surface area (Å²) < 4.78 is 1.44. The van der Waals surface area contributed by atoms with Crippen molar-refractivity contribution in [3.63, 3.8) is 0 Å². The number of rotatable bonds is 4. The average molecular weight is 258 g/mol. The minimum atomic E-state index is -0.612. The van der Waals surface area contributed by atoms with Gasteiger partial charge in [-0.2, -0.15) is 4.68 Å². The van der Waals surface area contributed by atoms with Crippen molar-refractivity contribution in [2.24, 2.45) is 5.92 Å². The summed E-state index contributed by atoms with van der Waals surface area (Å²) in [7, 11) is 0. The van der Waals surface area contributed by atoms with Gasteiger partial charge >= 0.3 is 5.82 Å². The molecule has 0 saturated heterocycles. The molecular weight excluding hydrogens is 246 g/mol. The van der Waals surface area contributed by atoms with E-state index in [1.165, 1.54) is 10.9 Å². The minimum absolute atomic E-state index is 0.0350. The number of aromatic nitrogens is 2. The maximum absolute atomic E-state index is 11.4. The molecule has 0 amide bonds. The van der Waals surface area contributed by atoms with Gasteiger partial charge in [0.05, 0.1) is 17.8 Å². The predicted molar refractivity (Wildman–Crippen MR) is 60.9 cm³/mol. The number of hydrogen-bond donors (Lipinski definition) is 0. The Kier molecular flexibility index (Phi) is 3.42. The van der Waals surface area contributed by atoms with Crippen LogP contribution in [0.4, 0.5) is 5.82 Å². The van der Waals surface area contributed by atoms with E-state index in [1.807, 2.05) is 0 Å². The Bertz CT molecular complexity index is 458. The molecule has 1 fully saturated rings. The number of nitro groups is 1. The van der Waals surface area contributed by atoms with Crippen molar-refractivity contribution >= 4 is 23.2 Å². The lowest BCUT2D eigenvalue weighted by atomic mass is 10.0. The van der Waals surface area contributed by atoms with Crippen LogP contribution in [0.1, 0.15) is 25.7 Å². The molecule has 0 spiro atoms. The number of halogens is 1. The predicted octanol–water partition coefficient (Wildman–Crippen LogP) is 2.20. The third-order valence-electron chi connectivity index (χ3n) is 3.01. The van der Waals surface area contributed by atoms with Gasteiger partial charge in [0.25, 0.3) is 0 Å². The van der Waals surface area contributed by atoms with Gasteiger partial charge in [0.2, 0.25) is 0 Å². The van der Waals surface area contributed by atoms with Crippen molar-refractivity contribution in [3.8, 4) is 0 Å². The molecule has 0 N–H and O–H groups in total. The highest BCUT2D eigenvalue weighted by Gasteiger charge is 2.25. The number of nitrogens with zero attached hydrogens (tertiary/aromatic N) is 3. The largest absolute Gasteiger partial charge is 0.408 e. The summed E-state index contributed by atoms with van der Waals surface area (Å²) in [6.45, 7) is 0.490. The Morgan fingerprint density at radius 3 is 2.94 bits per heavy atom. The molecule has 6 nitrogen and oxygen atoms in total. The zero-order valence-corrected chi connectivity index (χ0v) is 9.89. The third-order valence-corrected chi connectivity index (χ3v) is 3.28. The fraction of sp³-hybridized carbons (Fsp3) is 0.600. The van der Waals surface area contributed by atoms with Gasteiger partial charge in [0, 0.05) is 12.3 Å². The van der Waals surface area contributed by atoms with E-state index < -0.39 is 4.92 Å². The van der Waals surface area contributed by atoms with E-state index in [9.17, 15) is 14.9 Å². The lowest BCUT2D eigenvalue weighted by Gasteiger charge is -2.04. The van der Waals surface area contributed by atoms with Crippen LogP contribution in [-0.4, -0.2) is 20.5 Å². The van der Waals surface area contributed by atoms with E-state index >= 15 is 0 Å². The molecule has 1 aliphatic rings. The molecule has 17 heavy (non-hydrogen) atoms. The number of carbonyl (C=O) groups is 1. The molecule has 0 aliphatic heterocycles. The summed E-state index contributed by atoms with van der Waals surface area (Å²) in [5, 5.41) is 14.3. The second-order valence-corrected chi connectivity index (χ2v) is 4.57. The van der Waals surface area contributed by atoms with E-state index in [4.69, 9.17) is 11.6 Å². The molecule has 0 bridgehead atoms. The van der Waals surface area contributed by atoms with Crippen LogP contribution in [-0.2, 0) is 11.3 Å². The fourth-order valence-corrected chi connectivity index (χ4v) is 2.33. The van der Waals surface area contributed by atoms with Crippen molar-refractivity contribution in [3.05, 3.63) is 21.3 Å². The van der Waals surface area contributed by atoms with Crippen molar-refractivity contribution in [2.45, 2.75) is 32.2 Å². The third kappa shape index (κ3) is 2.63. The maximum Gasteiger partial charge on any atom is 0.408 e. The molecule has 1 aliphatic carbocycles. The average Bonchev–Trinajstić information content (AvgIpc) is 2.82. The second-order valence-electron chi connectivity index (χ2n) is 4.16. The topological polar surface area (TPSA) is 78.0 Å². The van der Waals surface area contributed by atoms with E-state index in [-0.39, 0.29) is 22.5 Å². The highest BCUT2D eigenvalue weighted by atomic mass is 35.5. The molecule has 2 rings (SSSR count). The van der Waals surface area contributed by atoms with E-state index in [0.717, 1.165) is 12.8 Å².